The first-order valence-corrected chi connectivity index (χ1v) is 7.76. The van der Waals surface area contributed by atoms with Gasteiger partial charge in [0.2, 0.25) is 11.7 Å². The van der Waals surface area contributed by atoms with Gasteiger partial charge in [0.05, 0.1) is 16.5 Å². The Morgan fingerprint density at radius 3 is 2.54 bits per heavy atom. The van der Waals surface area contributed by atoms with E-state index >= 15 is 0 Å². The molecule has 122 valence electrons. The van der Waals surface area contributed by atoms with Crippen LogP contribution in [0.1, 0.15) is 16.1 Å². The van der Waals surface area contributed by atoms with Crippen LogP contribution in [0, 0.1) is 0 Å². The minimum Gasteiger partial charge on any atom is -0.449 e. The minimum atomic E-state index is -0.754. The van der Waals surface area contributed by atoms with Gasteiger partial charge in [-0.05, 0) is 29.8 Å². The number of nitrogens with one attached hydrogen (secondary N) is 1. The van der Waals surface area contributed by atoms with E-state index in [-0.39, 0.29) is 23.8 Å². The van der Waals surface area contributed by atoms with Gasteiger partial charge in [-0.15, -0.1) is 0 Å². The summed E-state index contributed by atoms with van der Waals surface area (Å²) in [5.41, 5.74) is 6.75. The number of halogens is 2. The number of hydrogen-bond acceptors (Lipinski definition) is 3. The van der Waals surface area contributed by atoms with Crippen molar-refractivity contribution in [2.24, 2.45) is 5.73 Å². The molecule has 0 fully saturated rings. The normalized spacial score (nSPS) is 10.8. The second-order valence-electron chi connectivity index (χ2n) is 5.14. The maximum atomic E-state index is 12.3. The summed E-state index contributed by atoms with van der Waals surface area (Å²) in [4.78, 5) is 23.9. The first kappa shape index (κ1) is 16.4. The van der Waals surface area contributed by atoms with Crippen molar-refractivity contribution < 1.29 is 14.0 Å². The van der Waals surface area contributed by atoms with Crippen molar-refractivity contribution in [2.75, 3.05) is 5.32 Å². The van der Waals surface area contributed by atoms with Crippen LogP contribution in [-0.4, -0.2) is 11.8 Å². The van der Waals surface area contributed by atoms with Crippen molar-refractivity contribution in [3.8, 4) is 0 Å². The molecule has 2 aromatic carbocycles. The molecule has 1 aromatic heterocycles. The van der Waals surface area contributed by atoms with Crippen LogP contribution in [0.2, 0.25) is 10.0 Å². The number of benzene rings is 2. The highest BCUT2D eigenvalue weighted by Gasteiger charge is 2.20. The van der Waals surface area contributed by atoms with E-state index in [1.807, 2.05) is 0 Å². The third kappa shape index (κ3) is 3.22. The van der Waals surface area contributed by atoms with Crippen molar-refractivity contribution in [3.63, 3.8) is 0 Å². The average Bonchev–Trinajstić information content (AvgIpc) is 2.90. The van der Waals surface area contributed by atoms with E-state index in [4.69, 9.17) is 33.4 Å². The summed E-state index contributed by atoms with van der Waals surface area (Å²) >= 11 is 11.8. The fraction of sp³-hybridized carbons (Fsp3) is 0.0588. The number of para-hydroxylation sites is 1. The maximum absolute atomic E-state index is 12.3. The molecule has 0 spiro atoms. The van der Waals surface area contributed by atoms with Gasteiger partial charge in [0.15, 0.2) is 0 Å². The van der Waals surface area contributed by atoms with Crippen molar-refractivity contribution in [2.45, 2.75) is 6.42 Å². The predicted molar refractivity (Wildman–Crippen MR) is 93.5 cm³/mol. The first-order chi connectivity index (χ1) is 11.5. The van der Waals surface area contributed by atoms with E-state index in [0.29, 0.717) is 26.6 Å². The van der Waals surface area contributed by atoms with Crippen molar-refractivity contribution in [3.05, 3.63) is 63.8 Å². The fourth-order valence-corrected chi connectivity index (χ4v) is 2.68. The lowest BCUT2D eigenvalue weighted by molar-refractivity contribution is -0.115. The molecule has 5 nitrogen and oxygen atoms in total. The Hall–Kier alpha value is -2.50. The lowest BCUT2D eigenvalue weighted by Gasteiger charge is -2.06. The van der Waals surface area contributed by atoms with Crippen molar-refractivity contribution >= 4 is 51.7 Å². The highest BCUT2D eigenvalue weighted by molar-refractivity contribution is 6.42. The average molecular weight is 363 g/mol. The van der Waals surface area contributed by atoms with Crippen LogP contribution in [0.15, 0.2) is 46.9 Å². The van der Waals surface area contributed by atoms with Crippen LogP contribution in [0.4, 0.5) is 5.69 Å². The zero-order chi connectivity index (χ0) is 17.3. The molecule has 3 N–H and O–H groups in total. The van der Waals surface area contributed by atoms with Crippen LogP contribution in [0.25, 0.3) is 11.0 Å². The summed E-state index contributed by atoms with van der Waals surface area (Å²) in [7, 11) is 0. The number of nitrogens with two attached hydrogens (primary N) is 1. The molecule has 0 aliphatic rings. The quantitative estimate of drug-likeness (QED) is 0.734. The molecule has 0 radical (unpaired) electrons. The van der Waals surface area contributed by atoms with Gasteiger partial charge in [-0.1, -0.05) is 41.4 Å². The number of carbonyl (C=O) groups is 2. The molecule has 0 aliphatic carbocycles. The molecule has 0 aliphatic heterocycles. The van der Waals surface area contributed by atoms with Gasteiger partial charge in [-0.25, -0.2) is 0 Å². The summed E-state index contributed by atoms with van der Waals surface area (Å²) in [5.74, 6) is -1.17. The third-order valence-corrected chi connectivity index (χ3v) is 4.17. The molecule has 3 aromatic rings. The predicted octanol–water partition coefficient (Wildman–Crippen LogP) is 4.02. The Labute approximate surface area is 147 Å². The smallest absolute Gasteiger partial charge is 0.286 e. The summed E-state index contributed by atoms with van der Waals surface area (Å²) in [6.45, 7) is 0. The van der Waals surface area contributed by atoms with Gasteiger partial charge in [-0.3, -0.25) is 9.59 Å². The monoisotopic (exact) mass is 362 g/mol. The van der Waals surface area contributed by atoms with Gasteiger partial charge in [-0.2, -0.15) is 0 Å². The Morgan fingerprint density at radius 2 is 1.83 bits per heavy atom. The Balaban J connectivity index is 1.88. The van der Waals surface area contributed by atoms with E-state index < -0.39 is 5.91 Å². The van der Waals surface area contributed by atoms with Crippen LogP contribution < -0.4 is 11.1 Å². The number of fused-ring (bicyclic) bond motifs is 1. The second kappa shape index (κ2) is 6.55. The van der Waals surface area contributed by atoms with Gasteiger partial charge >= 0.3 is 0 Å². The van der Waals surface area contributed by atoms with Gasteiger partial charge in [0, 0.05) is 5.39 Å². The van der Waals surface area contributed by atoms with Gasteiger partial charge in [0.1, 0.15) is 11.3 Å². The number of furan rings is 1. The molecule has 2 amide bonds. The summed E-state index contributed by atoms with van der Waals surface area (Å²) < 4.78 is 5.42. The van der Waals surface area contributed by atoms with Crippen LogP contribution in [0.3, 0.4) is 0 Å². The molecule has 1 heterocycles. The van der Waals surface area contributed by atoms with E-state index in [1.165, 1.54) is 0 Å². The van der Waals surface area contributed by atoms with E-state index in [9.17, 15) is 9.59 Å². The molecule has 0 saturated heterocycles. The Morgan fingerprint density at radius 1 is 1.08 bits per heavy atom. The standard InChI is InChI=1S/C17H12Cl2N2O3/c18-11-6-5-9(7-12(11)19)8-14(22)21-15-10-3-1-2-4-13(10)24-16(15)17(20)23/h1-7H,8H2,(H2,20,23)(H,21,22). The number of carbonyl (C=O) groups excluding carboxylic acids is 2. The highest BCUT2D eigenvalue weighted by atomic mass is 35.5. The first-order valence-electron chi connectivity index (χ1n) is 7.01. The highest BCUT2D eigenvalue weighted by Crippen LogP contribution is 2.31. The molecule has 24 heavy (non-hydrogen) atoms. The van der Waals surface area contributed by atoms with E-state index in [1.54, 1.807) is 42.5 Å². The summed E-state index contributed by atoms with van der Waals surface area (Å²) in [5, 5.41) is 4.08. The largest absolute Gasteiger partial charge is 0.449 e. The fourth-order valence-electron chi connectivity index (χ4n) is 2.36. The molecule has 0 unspecified atom stereocenters. The summed E-state index contributed by atoms with van der Waals surface area (Å²) in [6.07, 6.45) is 0.0641. The topological polar surface area (TPSA) is 85.3 Å². The number of anilines is 1. The minimum absolute atomic E-state index is 0.0641. The second-order valence-corrected chi connectivity index (χ2v) is 5.95. The molecule has 0 saturated carbocycles. The van der Waals surface area contributed by atoms with Crippen LogP contribution >= 0.6 is 23.2 Å². The third-order valence-electron chi connectivity index (χ3n) is 3.43. The van der Waals surface area contributed by atoms with Gasteiger partial charge < -0.3 is 15.5 Å². The van der Waals surface area contributed by atoms with Crippen LogP contribution in [0.5, 0.6) is 0 Å². The Bertz CT molecular complexity index is 950. The van der Waals surface area contributed by atoms with E-state index in [2.05, 4.69) is 5.32 Å². The van der Waals surface area contributed by atoms with E-state index in [0.717, 1.165) is 0 Å². The number of rotatable bonds is 4. The molecule has 7 heteroatoms. The molecular weight excluding hydrogens is 351 g/mol. The number of amides is 2. The lowest BCUT2D eigenvalue weighted by Crippen LogP contribution is -2.18. The van der Waals surface area contributed by atoms with Gasteiger partial charge in [0.25, 0.3) is 5.91 Å². The SMILES string of the molecule is NC(=O)c1oc2ccccc2c1NC(=O)Cc1ccc(Cl)c(Cl)c1. The molecule has 0 bridgehead atoms. The zero-order valence-corrected chi connectivity index (χ0v) is 13.8. The molecule has 3 rings (SSSR count). The zero-order valence-electron chi connectivity index (χ0n) is 12.3. The molecule has 0 atom stereocenters. The van der Waals surface area contributed by atoms with Crippen molar-refractivity contribution in [1.29, 1.82) is 0 Å². The Kier molecular flexibility index (Phi) is 4.46. The number of primary amides is 1. The van der Waals surface area contributed by atoms with Crippen LogP contribution in [-0.2, 0) is 11.2 Å². The maximum Gasteiger partial charge on any atom is 0.286 e. The summed E-state index contributed by atoms with van der Waals surface area (Å²) in [6, 6.07) is 11.9. The van der Waals surface area contributed by atoms with Crippen molar-refractivity contribution in [1.82, 2.24) is 0 Å². The molecular formula is C17H12Cl2N2O3. The lowest BCUT2D eigenvalue weighted by atomic mass is 10.1. The number of hydrogen-bond donors (Lipinski definition) is 2.